The second kappa shape index (κ2) is 7.97. The van der Waals surface area contributed by atoms with E-state index in [4.69, 9.17) is 11.6 Å². The Morgan fingerprint density at radius 3 is 2.16 bits per heavy atom. The number of pyridine rings is 2. The topological polar surface area (TPSA) is 46.1 Å². The number of hydrogen-bond donors (Lipinski definition) is 0. The smallest absolute Gasteiger partial charge is 0.244 e. The number of aromatic nitrogens is 2. The second-order valence-corrected chi connectivity index (χ2v) is 8.20. The first kappa shape index (κ1) is 19.5. The van der Waals surface area contributed by atoms with Crippen LogP contribution in [0.5, 0.6) is 0 Å². The van der Waals surface area contributed by atoms with E-state index in [2.05, 4.69) is 22.1 Å². The van der Waals surface area contributed by atoms with E-state index >= 15 is 0 Å². The molecule has 0 aliphatic carbocycles. The first-order valence-electron chi connectivity index (χ1n) is 10.2. The van der Waals surface area contributed by atoms with E-state index in [0.29, 0.717) is 23.7 Å². The molecular formula is C26H20ClN3O. The maximum atomic E-state index is 14.2. The lowest BCUT2D eigenvalue weighted by Gasteiger charge is -2.29. The minimum Gasteiger partial charge on any atom is -0.273 e. The van der Waals surface area contributed by atoms with E-state index in [1.54, 1.807) is 35.6 Å². The maximum Gasteiger partial charge on any atom is 0.244 e. The molecule has 2 aromatic carbocycles. The molecule has 0 N–H and O–H groups in total. The molecule has 0 bridgehead atoms. The van der Waals surface area contributed by atoms with Crippen molar-refractivity contribution >= 4 is 29.0 Å². The molecule has 1 unspecified atom stereocenters. The van der Waals surface area contributed by atoms with Crippen molar-refractivity contribution < 1.29 is 4.79 Å². The summed E-state index contributed by atoms with van der Waals surface area (Å²) < 4.78 is 0. The van der Waals surface area contributed by atoms with Gasteiger partial charge in [-0.05, 0) is 66.4 Å². The average molecular weight is 426 g/mol. The van der Waals surface area contributed by atoms with Gasteiger partial charge in [0.1, 0.15) is 5.82 Å². The van der Waals surface area contributed by atoms with Crippen LogP contribution < -0.4 is 4.90 Å². The van der Waals surface area contributed by atoms with Crippen molar-refractivity contribution in [3.05, 3.63) is 119 Å². The summed E-state index contributed by atoms with van der Waals surface area (Å²) in [5, 5.41) is 0.629. The highest BCUT2D eigenvalue weighted by molar-refractivity contribution is 6.30. The van der Waals surface area contributed by atoms with Crippen molar-refractivity contribution in [1.29, 1.82) is 0 Å². The summed E-state index contributed by atoms with van der Waals surface area (Å²) in [7, 11) is 0. The Morgan fingerprint density at radius 1 is 0.774 bits per heavy atom. The molecule has 1 aliphatic rings. The lowest BCUT2D eigenvalue weighted by Crippen LogP contribution is -2.42. The Morgan fingerprint density at radius 2 is 1.45 bits per heavy atom. The Labute approximate surface area is 186 Å². The molecule has 3 heterocycles. The largest absolute Gasteiger partial charge is 0.273 e. The first-order valence-corrected chi connectivity index (χ1v) is 10.5. The van der Waals surface area contributed by atoms with Crippen LogP contribution in [0.25, 0.3) is 0 Å². The number of carbonyl (C=O) groups excluding carboxylic acids is 1. The van der Waals surface area contributed by atoms with Gasteiger partial charge in [0.05, 0.1) is 11.1 Å². The molecule has 0 saturated heterocycles. The van der Waals surface area contributed by atoms with Crippen molar-refractivity contribution in [3.63, 3.8) is 0 Å². The summed E-state index contributed by atoms with van der Waals surface area (Å²) in [4.78, 5) is 24.7. The number of amides is 1. The van der Waals surface area contributed by atoms with Crippen molar-refractivity contribution in [2.75, 3.05) is 4.90 Å². The summed E-state index contributed by atoms with van der Waals surface area (Å²) in [6.07, 6.45) is 6.42. The van der Waals surface area contributed by atoms with Crippen LogP contribution in [0.3, 0.4) is 0 Å². The highest BCUT2D eigenvalue weighted by atomic mass is 35.5. The van der Waals surface area contributed by atoms with E-state index in [1.165, 1.54) is 0 Å². The number of benzene rings is 2. The molecular weight excluding hydrogens is 406 g/mol. The van der Waals surface area contributed by atoms with Gasteiger partial charge in [0.25, 0.3) is 0 Å². The van der Waals surface area contributed by atoms with E-state index in [-0.39, 0.29) is 5.91 Å². The molecule has 152 valence electrons. The molecule has 5 heteroatoms. The third-order valence-corrected chi connectivity index (χ3v) is 6.07. The number of rotatable bonds is 5. The van der Waals surface area contributed by atoms with Crippen LogP contribution in [-0.2, 0) is 23.1 Å². The number of carbonyl (C=O) groups is 1. The van der Waals surface area contributed by atoms with E-state index in [9.17, 15) is 4.79 Å². The minimum absolute atomic E-state index is 0.0178. The Kier molecular flexibility index (Phi) is 5.00. The van der Waals surface area contributed by atoms with Crippen molar-refractivity contribution in [1.82, 2.24) is 9.97 Å². The monoisotopic (exact) mass is 425 g/mol. The normalized spacial score (nSPS) is 17.6. The molecule has 4 aromatic rings. The summed E-state index contributed by atoms with van der Waals surface area (Å²) >= 11 is 6.10. The van der Waals surface area contributed by atoms with Crippen LogP contribution >= 0.6 is 11.6 Å². The zero-order valence-electron chi connectivity index (χ0n) is 16.8. The summed E-state index contributed by atoms with van der Waals surface area (Å²) in [5.74, 6) is 0.698. The number of nitrogens with zero attached hydrogens (tertiary/aromatic N) is 3. The summed E-state index contributed by atoms with van der Waals surface area (Å²) in [6, 6.07) is 25.4. The quantitative estimate of drug-likeness (QED) is 0.422. The van der Waals surface area contributed by atoms with Gasteiger partial charge >= 0.3 is 0 Å². The molecule has 1 aliphatic heterocycles. The van der Waals surface area contributed by atoms with Gasteiger partial charge in [0.2, 0.25) is 5.91 Å². The lowest BCUT2D eigenvalue weighted by molar-refractivity contribution is -0.122. The molecule has 0 fully saturated rings. The maximum absolute atomic E-state index is 14.2. The number of halogens is 1. The van der Waals surface area contributed by atoms with Crippen LogP contribution in [0.2, 0.25) is 5.02 Å². The number of hydrogen-bond acceptors (Lipinski definition) is 3. The predicted molar refractivity (Wildman–Crippen MR) is 123 cm³/mol. The van der Waals surface area contributed by atoms with Gasteiger partial charge < -0.3 is 0 Å². The Bertz CT molecular complexity index is 1170. The van der Waals surface area contributed by atoms with Gasteiger partial charge in [0, 0.05) is 29.2 Å². The number of anilines is 2. The van der Waals surface area contributed by atoms with Gasteiger partial charge in [-0.15, -0.1) is 0 Å². The fourth-order valence-corrected chi connectivity index (χ4v) is 4.53. The van der Waals surface area contributed by atoms with Crippen LogP contribution in [-0.4, -0.2) is 15.9 Å². The van der Waals surface area contributed by atoms with Crippen LogP contribution in [0.4, 0.5) is 11.5 Å². The van der Waals surface area contributed by atoms with E-state index in [0.717, 1.165) is 22.4 Å². The summed E-state index contributed by atoms with van der Waals surface area (Å²) in [5.41, 5.74) is 3.10. The molecule has 31 heavy (non-hydrogen) atoms. The van der Waals surface area contributed by atoms with Crippen molar-refractivity contribution in [2.45, 2.75) is 18.3 Å². The third-order valence-electron chi connectivity index (χ3n) is 5.82. The fourth-order valence-electron chi connectivity index (χ4n) is 4.40. The molecule has 4 nitrogen and oxygen atoms in total. The van der Waals surface area contributed by atoms with E-state index < -0.39 is 5.41 Å². The van der Waals surface area contributed by atoms with Gasteiger partial charge in [0.15, 0.2) is 0 Å². The molecule has 5 rings (SSSR count). The molecule has 1 atom stereocenters. The standard InChI is InChI=1S/C26H20ClN3O/c27-21-8-10-22(11-9-21)30-24-23(7-4-14-29-24)26(25(30)31,17-19-5-2-1-3-6-19)18-20-12-15-28-16-13-20/h1-16H,17-18H2. The molecule has 1 amide bonds. The molecule has 0 saturated carbocycles. The van der Waals surface area contributed by atoms with Crippen LogP contribution in [0, 0.1) is 0 Å². The summed E-state index contributed by atoms with van der Waals surface area (Å²) in [6.45, 7) is 0. The Balaban J connectivity index is 1.69. The fraction of sp³-hybridized carbons (Fsp3) is 0.115. The predicted octanol–water partition coefficient (Wildman–Crippen LogP) is 5.53. The highest BCUT2D eigenvalue weighted by Gasteiger charge is 2.52. The van der Waals surface area contributed by atoms with Gasteiger partial charge in [-0.25, -0.2) is 4.98 Å². The zero-order valence-corrected chi connectivity index (χ0v) is 17.5. The highest BCUT2D eigenvalue weighted by Crippen LogP contribution is 2.48. The number of fused-ring (bicyclic) bond motifs is 1. The lowest BCUT2D eigenvalue weighted by atomic mass is 9.72. The average Bonchev–Trinajstić information content (AvgIpc) is 3.04. The van der Waals surface area contributed by atoms with Gasteiger partial charge in [-0.2, -0.15) is 0 Å². The van der Waals surface area contributed by atoms with Crippen LogP contribution in [0.15, 0.2) is 97.5 Å². The zero-order chi connectivity index (χ0) is 21.3. The SMILES string of the molecule is O=C1N(c2ccc(Cl)cc2)c2ncccc2C1(Cc1ccccc1)Cc1ccncc1. The molecule has 0 radical (unpaired) electrons. The van der Waals surface area contributed by atoms with Gasteiger partial charge in [-0.3, -0.25) is 14.7 Å². The molecule has 2 aromatic heterocycles. The second-order valence-electron chi connectivity index (χ2n) is 7.77. The third kappa shape index (κ3) is 3.49. The molecule has 0 spiro atoms. The Hall–Kier alpha value is -3.50. The minimum atomic E-state index is -0.772. The van der Waals surface area contributed by atoms with Crippen molar-refractivity contribution in [3.8, 4) is 0 Å². The van der Waals surface area contributed by atoms with Crippen LogP contribution in [0.1, 0.15) is 16.7 Å². The van der Waals surface area contributed by atoms with Gasteiger partial charge in [-0.1, -0.05) is 48.0 Å². The first-order chi connectivity index (χ1) is 15.2. The van der Waals surface area contributed by atoms with E-state index in [1.807, 2.05) is 54.6 Å². The van der Waals surface area contributed by atoms with Crippen molar-refractivity contribution in [2.24, 2.45) is 0 Å².